The largest absolute Gasteiger partial charge is 0.496 e. The number of nitrogens with zero attached hydrogens (tertiary/aromatic N) is 2. The number of nitrogen functional groups attached to an aromatic ring is 1. The minimum atomic E-state index is 0.470. The van der Waals surface area contributed by atoms with Gasteiger partial charge in [-0.15, -0.1) is 0 Å². The molecule has 0 saturated heterocycles. The van der Waals surface area contributed by atoms with E-state index in [0.29, 0.717) is 5.95 Å². The van der Waals surface area contributed by atoms with E-state index in [1.165, 1.54) is 11.1 Å². The molecular formula is C13H16BrN3O. The average Bonchev–Trinajstić information content (AvgIpc) is 2.57. The number of hydrogen-bond donors (Lipinski definition) is 1. The van der Waals surface area contributed by atoms with Gasteiger partial charge in [-0.1, -0.05) is 0 Å². The molecule has 2 N–H and O–H groups in total. The number of rotatable bonds is 2. The molecule has 0 aliphatic carbocycles. The molecule has 5 heteroatoms. The van der Waals surface area contributed by atoms with E-state index in [-0.39, 0.29) is 0 Å². The minimum Gasteiger partial charge on any atom is -0.496 e. The van der Waals surface area contributed by atoms with E-state index in [0.717, 1.165) is 21.6 Å². The Morgan fingerprint density at radius 1 is 1.28 bits per heavy atom. The van der Waals surface area contributed by atoms with Crippen LogP contribution in [0.2, 0.25) is 0 Å². The van der Waals surface area contributed by atoms with Crippen LogP contribution in [0.4, 0.5) is 5.95 Å². The van der Waals surface area contributed by atoms with Crippen molar-refractivity contribution in [2.75, 3.05) is 12.8 Å². The lowest BCUT2D eigenvalue weighted by atomic mass is 10.0. The summed E-state index contributed by atoms with van der Waals surface area (Å²) in [5.74, 6) is 1.29. The second-order valence-electron chi connectivity index (χ2n) is 4.31. The number of anilines is 1. The molecule has 0 unspecified atom stereocenters. The van der Waals surface area contributed by atoms with Crippen molar-refractivity contribution in [2.24, 2.45) is 7.05 Å². The van der Waals surface area contributed by atoms with Crippen LogP contribution >= 0.6 is 15.9 Å². The Morgan fingerprint density at radius 3 is 2.39 bits per heavy atom. The van der Waals surface area contributed by atoms with Crippen molar-refractivity contribution in [3.8, 4) is 17.0 Å². The summed E-state index contributed by atoms with van der Waals surface area (Å²) in [6, 6.07) is 4.12. The Balaban J connectivity index is 2.74. The van der Waals surface area contributed by atoms with Gasteiger partial charge in [-0.25, -0.2) is 4.98 Å². The van der Waals surface area contributed by atoms with Crippen molar-refractivity contribution in [2.45, 2.75) is 13.8 Å². The van der Waals surface area contributed by atoms with E-state index >= 15 is 0 Å². The molecule has 0 fully saturated rings. The maximum Gasteiger partial charge on any atom is 0.201 e. The smallest absolute Gasteiger partial charge is 0.201 e. The van der Waals surface area contributed by atoms with Crippen molar-refractivity contribution in [1.29, 1.82) is 0 Å². The number of halogens is 1. The zero-order chi connectivity index (χ0) is 13.4. The molecule has 18 heavy (non-hydrogen) atoms. The summed E-state index contributed by atoms with van der Waals surface area (Å²) in [7, 11) is 3.55. The molecule has 0 aliphatic rings. The van der Waals surface area contributed by atoms with Gasteiger partial charge in [0.15, 0.2) is 0 Å². The van der Waals surface area contributed by atoms with E-state index in [1.54, 1.807) is 7.11 Å². The number of imidazole rings is 1. The highest BCUT2D eigenvalue weighted by Gasteiger charge is 2.17. The van der Waals surface area contributed by atoms with Crippen molar-refractivity contribution in [3.63, 3.8) is 0 Å². The Hall–Kier alpha value is -1.49. The third-order valence-corrected chi connectivity index (χ3v) is 3.71. The van der Waals surface area contributed by atoms with Crippen LogP contribution in [0.3, 0.4) is 0 Å². The fourth-order valence-electron chi connectivity index (χ4n) is 1.92. The Kier molecular flexibility index (Phi) is 3.34. The number of hydrogen-bond acceptors (Lipinski definition) is 3. The fourth-order valence-corrected chi connectivity index (χ4v) is 2.58. The highest BCUT2D eigenvalue weighted by atomic mass is 79.9. The number of benzene rings is 1. The maximum absolute atomic E-state index is 5.82. The molecule has 4 nitrogen and oxygen atoms in total. The van der Waals surface area contributed by atoms with Crippen LogP contribution < -0.4 is 10.5 Å². The Bertz CT molecular complexity index is 605. The lowest BCUT2D eigenvalue weighted by molar-refractivity contribution is 0.415. The first-order valence-corrected chi connectivity index (χ1v) is 6.38. The molecule has 2 aromatic rings. The van der Waals surface area contributed by atoms with Gasteiger partial charge in [0, 0.05) is 12.6 Å². The molecule has 0 amide bonds. The molecular weight excluding hydrogens is 294 g/mol. The minimum absolute atomic E-state index is 0.470. The monoisotopic (exact) mass is 309 g/mol. The van der Waals surface area contributed by atoms with E-state index in [4.69, 9.17) is 10.5 Å². The normalized spacial score (nSPS) is 10.7. The average molecular weight is 310 g/mol. The SMILES string of the molecule is COc1cc(C)c(C)cc1-c1c(Br)nc(N)n1C. The molecule has 0 radical (unpaired) electrons. The summed E-state index contributed by atoms with van der Waals surface area (Å²) in [6.45, 7) is 4.14. The third kappa shape index (κ3) is 1.99. The van der Waals surface area contributed by atoms with Gasteiger partial charge in [0.2, 0.25) is 5.95 Å². The van der Waals surface area contributed by atoms with Gasteiger partial charge in [-0.2, -0.15) is 0 Å². The van der Waals surface area contributed by atoms with Crippen molar-refractivity contribution in [1.82, 2.24) is 9.55 Å². The summed E-state index contributed by atoms with van der Waals surface area (Å²) >= 11 is 3.44. The lowest BCUT2D eigenvalue weighted by Gasteiger charge is -2.13. The number of aryl methyl sites for hydroxylation is 2. The van der Waals surface area contributed by atoms with Crippen molar-refractivity contribution < 1.29 is 4.74 Å². The van der Waals surface area contributed by atoms with Crippen LogP contribution in [-0.2, 0) is 7.05 Å². The number of nitrogens with two attached hydrogens (primary N) is 1. The molecule has 1 aromatic carbocycles. The van der Waals surface area contributed by atoms with E-state index in [1.807, 2.05) is 17.7 Å². The van der Waals surface area contributed by atoms with Crippen LogP contribution in [0.15, 0.2) is 16.7 Å². The van der Waals surface area contributed by atoms with Gasteiger partial charge < -0.3 is 15.0 Å². The number of aromatic nitrogens is 2. The molecule has 1 aromatic heterocycles. The quantitative estimate of drug-likeness (QED) is 0.927. The summed E-state index contributed by atoms with van der Waals surface area (Å²) in [4.78, 5) is 4.22. The Morgan fingerprint density at radius 2 is 1.89 bits per heavy atom. The van der Waals surface area contributed by atoms with E-state index in [9.17, 15) is 0 Å². The van der Waals surface area contributed by atoms with Gasteiger partial charge in [-0.3, -0.25) is 0 Å². The summed E-state index contributed by atoms with van der Waals surface area (Å²) in [6.07, 6.45) is 0. The summed E-state index contributed by atoms with van der Waals surface area (Å²) < 4.78 is 8.02. The topological polar surface area (TPSA) is 53.1 Å². The fraction of sp³-hybridized carbons (Fsp3) is 0.308. The zero-order valence-electron chi connectivity index (χ0n) is 10.9. The number of methoxy groups -OCH3 is 1. The van der Waals surface area contributed by atoms with Crippen LogP contribution in [0, 0.1) is 13.8 Å². The Labute approximate surface area is 115 Å². The first-order chi connectivity index (χ1) is 8.45. The highest BCUT2D eigenvalue weighted by molar-refractivity contribution is 9.10. The van der Waals surface area contributed by atoms with Gasteiger partial charge in [0.05, 0.1) is 12.8 Å². The first kappa shape index (κ1) is 13.0. The second-order valence-corrected chi connectivity index (χ2v) is 5.06. The van der Waals surface area contributed by atoms with E-state index in [2.05, 4.69) is 40.8 Å². The predicted octanol–water partition coefficient (Wildman–Crippen LogP) is 3.06. The van der Waals surface area contributed by atoms with Crippen molar-refractivity contribution in [3.05, 3.63) is 27.9 Å². The van der Waals surface area contributed by atoms with E-state index < -0.39 is 0 Å². The first-order valence-electron chi connectivity index (χ1n) is 5.59. The summed E-state index contributed by atoms with van der Waals surface area (Å²) in [5, 5.41) is 0. The predicted molar refractivity (Wildman–Crippen MR) is 76.8 cm³/mol. The molecule has 0 aliphatic heterocycles. The van der Waals surface area contributed by atoms with Gasteiger partial charge in [0.25, 0.3) is 0 Å². The summed E-state index contributed by atoms with van der Waals surface area (Å²) in [5.41, 5.74) is 10.1. The zero-order valence-corrected chi connectivity index (χ0v) is 12.5. The van der Waals surface area contributed by atoms with Crippen molar-refractivity contribution >= 4 is 21.9 Å². The molecule has 0 saturated carbocycles. The molecule has 2 rings (SSSR count). The number of ether oxygens (including phenoxy) is 1. The third-order valence-electron chi connectivity index (χ3n) is 3.16. The standard InChI is InChI=1S/C13H16BrN3O/c1-7-5-9(10(18-4)6-8(7)2)11-12(14)16-13(15)17(11)3/h5-6H,1-4H3,(H2,15,16). The van der Waals surface area contributed by atoms with Crippen LogP contribution in [0.1, 0.15) is 11.1 Å². The van der Waals surface area contributed by atoms with Crippen LogP contribution in [0.25, 0.3) is 11.3 Å². The lowest BCUT2D eigenvalue weighted by Crippen LogP contribution is -2.00. The maximum atomic E-state index is 5.82. The van der Waals surface area contributed by atoms with Crippen LogP contribution in [0.5, 0.6) is 5.75 Å². The van der Waals surface area contributed by atoms with Gasteiger partial charge >= 0.3 is 0 Å². The highest BCUT2D eigenvalue weighted by Crippen LogP contribution is 2.37. The van der Waals surface area contributed by atoms with Gasteiger partial charge in [0.1, 0.15) is 10.4 Å². The molecule has 96 valence electrons. The second kappa shape index (κ2) is 4.65. The molecule has 1 heterocycles. The molecule has 0 spiro atoms. The molecule has 0 atom stereocenters. The molecule has 0 bridgehead atoms. The van der Waals surface area contributed by atoms with Gasteiger partial charge in [-0.05, 0) is 53.0 Å². The van der Waals surface area contributed by atoms with Crippen LogP contribution in [-0.4, -0.2) is 16.7 Å².